The van der Waals surface area contributed by atoms with Crippen LogP contribution in [0.5, 0.6) is 0 Å². The summed E-state index contributed by atoms with van der Waals surface area (Å²) in [5.74, 6) is 0.600. The molecule has 1 aromatic carbocycles. The van der Waals surface area contributed by atoms with Gasteiger partial charge in [-0.15, -0.1) is 0 Å². The highest BCUT2D eigenvalue weighted by Gasteiger charge is 2.15. The van der Waals surface area contributed by atoms with Crippen molar-refractivity contribution in [1.82, 2.24) is 9.80 Å². The van der Waals surface area contributed by atoms with Gasteiger partial charge in [-0.05, 0) is 24.1 Å². The van der Waals surface area contributed by atoms with Crippen LogP contribution >= 0.6 is 0 Å². The summed E-state index contributed by atoms with van der Waals surface area (Å²) in [5.41, 5.74) is 2.84. The Balaban J connectivity index is 2.07. The summed E-state index contributed by atoms with van der Waals surface area (Å²) >= 11 is 0. The molecule has 1 aromatic rings. The monoisotopic (exact) mass is 258 g/mol. The van der Waals surface area contributed by atoms with E-state index in [-0.39, 0.29) is 0 Å². The van der Waals surface area contributed by atoms with Gasteiger partial charge in [0.1, 0.15) is 0 Å². The van der Waals surface area contributed by atoms with Crippen LogP contribution in [0.2, 0.25) is 0 Å². The van der Waals surface area contributed by atoms with Crippen LogP contribution in [0.15, 0.2) is 36.4 Å². The SMILES string of the molecule is CC(C)/C=C(/CN1CCN(C)CC1)c1ccccc1. The minimum absolute atomic E-state index is 0.600. The second-order valence-electron chi connectivity index (χ2n) is 5.88. The average molecular weight is 258 g/mol. The van der Waals surface area contributed by atoms with Gasteiger partial charge in [0, 0.05) is 32.7 Å². The van der Waals surface area contributed by atoms with E-state index in [1.54, 1.807) is 0 Å². The van der Waals surface area contributed by atoms with Crippen molar-refractivity contribution in [2.24, 2.45) is 5.92 Å². The van der Waals surface area contributed by atoms with Gasteiger partial charge in [0.25, 0.3) is 0 Å². The van der Waals surface area contributed by atoms with Gasteiger partial charge in [-0.1, -0.05) is 50.3 Å². The molecule has 0 aliphatic carbocycles. The molecule has 0 aromatic heterocycles. The summed E-state index contributed by atoms with van der Waals surface area (Å²) in [6.45, 7) is 10.3. The second-order valence-corrected chi connectivity index (χ2v) is 5.88. The minimum atomic E-state index is 0.600. The fourth-order valence-electron chi connectivity index (χ4n) is 2.54. The maximum absolute atomic E-state index is 2.57. The lowest BCUT2D eigenvalue weighted by molar-refractivity contribution is 0.168. The van der Waals surface area contributed by atoms with Crippen molar-refractivity contribution in [3.63, 3.8) is 0 Å². The van der Waals surface area contributed by atoms with E-state index in [0.717, 1.165) is 6.54 Å². The summed E-state index contributed by atoms with van der Waals surface area (Å²) < 4.78 is 0. The average Bonchev–Trinajstić information content (AvgIpc) is 2.41. The van der Waals surface area contributed by atoms with Crippen LogP contribution in [0, 0.1) is 5.92 Å². The molecule has 19 heavy (non-hydrogen) atoms. The molecule has 0 radical (unpaired) electrons. The summed E-state index contributed by atoms with van der Waals surface area (Å²) in [4.78, 5) is 4.98. The number of hydrogen-bond donors (Lipinski definition) is 0. The van der Waals surface area contributed by atoms with Crippen LogP contribution in [-0.4, -0.2) is 49.6 Å². The summed E-state index contributed by atoms with van der Waals surface area (Å²) in [6.07, 6.45) is 2.41. The Kier molecular flexibility index (Phi) is 5.17. The molecule has 104 valence electrons. The van der Waals surface area contributed by atoms with Crippen LogP contribution in [-0.2, 0) is 0 Å². The van der Waals surface area contributed by atoms with E-state index in [4.69, 9.17) is 0 Å². The first kappa shape index (κ1) is 14.3. The number of piperazine rings is 1. The van der Waals surface area contributed by atoms with E-state index in [9.17, 15) is 0 Å². The highest BCUT2D eigenvalue weighted by molar-refractivity contribution is 5.67. The molecule has 2 heteroatoms. The largest absolute Gasteiger partial charge is 0.304 e. The fraction of sp³-hybridized carbons (Fsp3) is 0.529. The zero-order valence-corrected chi connectivity index (χ0v) is 12.5. The van der Waals surface area contributed by atoms with E-state index in [1.807, 2.05) is 0 Å². The van der Waals surface area contributed by atoms with Crippen molar-refractivity contribution in [3.8, 4) is 0 Å². The highest BCUT2D eigenvalue weighted by atomic mass is 15.2. The molecule has 0 N–H and O–H groups in total. The second kappa shape index (κ2) is 6.88. The Hall–Kier alpha value is -1.12. The molecule has 0 unspecified atom stereocenters. The first-order valence-corrected chi connectivity index (χ1v) is 7.32. The molecule has 0 bridgehead atoms. The van der Waals surface area contributed by atoms with E-state index >= 15 is 0 Å². The van der Waals surface area contributed by atoms with Crippen LogP contribution < -0.4 is 0 Å². The van der Waals surface area contributed by atoms with E-state index in [0.29, 0.717) is 5.92 Å². The molecule has 0 atom stereocenters. The molecule has 0 saturated carbocycles. The number of allylic oxidation sites excluding steroid dienone is 1. The van der Waals surface area contributed by atoms with E-state index in [1.165, 1.54) is 37.3 Å². The molecule has 2 rings (SSSR count). The van der Waals surface area contributed by atoms with E-state index in [2.05, 4.69) is 67.1 Å². The molecule has 1 aliphatic heterocycles. The Morgan fingerprint density at radius 3 is 2.32 bits per heavy atom. The molecular formula is C17H26N2. The van der Waals surface area contributed by atoms with Gasteiger partial charge in [-0.25, -0.2) is 0 Å². The predicted octanol–water partition coefficient (Wildman–Crippen LogP) is 2.97. The van der Waals surface area contributed by atoms with Gasteiger partial charge in [0.2, 0.25) is 0 Å². The summed E-state index contributed by atoms with van der Waals surface area (Å²) in [6, 6.07) is 10.8. The summed E-state index contributed by atoms with van der Waals surface area (Å²) in [5, 5.41) is 0. The summed E-state index contributed by atoms with van der Waals surface area (Å²) in [7, 11) is 2.21. The third-order valence-corrected chi connectivity index (χ3v) is 3.67. The van der Waals surface area contributed by atoms with Crippen molar-refractivity contribution in [1.29, 1.82) is 0 Å². The van der Waals surface area contributed by atoms with Crippen molar-refractivity contribution in [2.45, 2.75) is 13.8 Å². The highest BCUT2D eigenvalue weighted by Crippen LogP contribution is 2.18. The van der Waals surface area contributed by atoms with Gasteiger partial charge < -0.3 is 4.90 Å². The molecule has 0 spiro atoms. The normalized spacial score (nSPS) is 19.1. The Morgan fingerprint density at radius 2 is 1.74 bits per heavy atom. The van der Waals surface area contributed by atoms with Crippen LogP contribution in [0.4, 0.5) is 0 Å². The first-order valence-electron chi connectivity index (χ1n) is 7.32. The number of nitrogens with zero attached hydrogens (tertiary/aromatic N) is 2. The maximum Gasteiger partial charge on any atom is 0.0237 e. The Morgan fingerprint density at radius 1 is 1.11 bits per heavy atom. The lowest BCUT2D eigenvalue weighted by Gasteiger charge is -2.33. The topological polar surface area (TPSA) is 6.48 Å². The molecule has 1 heterocycles. The molecule has 1 fully saturated rings. The smallest absolute Gasteiger partial charge is 0.0237 e. The van der Waals surface area contributed by atoms with Crippen molar-refractivity contribution >= 4 is 5.57 Å². The van der Waals surface area contributed by atoms with E-state index < -0.39 is 0 Å². The van der Waals surface area contributed by atoms with Gasteiger partial charge in [0.05, 0.1) is 0 Å². The van der Waals surface area contributed by atoms with Gasteiger partial charge in [0.15, 0.2) is 0 Å². The Labute approximate surface area is 117 Å². The standard InChI is InChI=1S/C17H26N2/c1-15(2)13-17(16-7-5-4-6-8-16)14-19-11-9-18(3)10-12-19/h4-8,13,15H,9-12,14H2,1-3H3/b17-13-. The third kappa shape index (κ3) is 4.48. The quantitative estimate of drug-likeness (QED) is 0.819. The lowest BCUT2D eigenvalue weighted by atomic mass is 10.0. The molecule has 0 amide bonds. The lowest BCUT2D eigenvalue weighted by Crippen LogP contribution is -2.44. The molecule has 1 saturated heterocycles. The van der Waals surface area contributed by atoms with Crippen LogP contribution in [0.3, 0.4) is 0 Å². The van der Waals surface area contributed by atoms with Crippen molar-refractivity contribution in [2.75, 3.05) is 39.8 Å². The third-order valence-electron chi connectivity index (χ3n) is 3.67. The molecule has 2 nitrogen and oxygen atoms in total. The fourth-order valence-corrected chi connectivity index (χ4v) is 2.54. The predicted molar refractivity (Wildman–Crippen MR) is 83.2 cm³/mol. The molecular weight excluding hydrogens is 232 g/mol. The van der Waals surface area contributed by atoms with Gasteiger partial charge >= 0.3 is 0 Å². The van der Waals surface area contributed by atoms with Crippen LogP contribution in [0.25, 0.3) is 5.57 Å². The number of benzene rings is 1. The van der Waals surface area contributed by atoms with Crippen LogP contribution in [0.1, 0.15) is 19.4 Å². The maximum atomic E-state index is 2.57. The first-order chi connectivity index (χ1) is 9.15. The Bertz CT molecular complexity index is 401. The zero-order chi connectivity index (χ0) is 13.7. The van der Waals surface area contributed by atoms with Crippen molar-refractivity contribution < 1.29 is 0 Å². The molecule has 1 aliphatic rings. The number of hydrogen-bond acceptors (Lipinski definition) is 2. The zero-order valence-electron chi connectivity index (χ0n) is 12.5. The number of rotatable bonds is 4. The van der Waals surface area contributed by atoms with Gasteiger partial charge in [-0.3, -0.25) is 4.90 Å². The van der Waals surface area contributed by atoms with Crippen molar-refractivity contribution in [3.05, 3.63) is 42.0 Å². The van der Waals surface area contributed by atoms with Gasteiger partial charge in [-0.2, -0.15) is 0 Å². The minimum Gasteiger partial charge on any atom is -0.304 e. The number of likely N-dealkylation sites (N-methyl/N-ethyl adjacent to an activating group) is 1.